The lowest BCUT2D eigenvalue weighted by molar-refractivity contribution is 0.0940. The highest BCUT2D eigenvalue weighted by molar-refractivity contribution is 7.99. The number of hydrogen-bond donors (Lipinski definition) is 2. The van der Waals surface area contributed by atoms with Crippen LogP contribution >= 0.6 is 11.8 Å². The molecule has 1 atom stereocenters. The zero-order valence-electron chi connectivity index (χ0n) is 12.6. The molecular weight excluding hydrogens is 302 g/mol. The van der Waals surface area contributed by atoms with Crippen LogP contribution in [-0.2, 0) is 6.54 Å². The van der Waals surface area contributed by atoms with Crippen molar-refractivity contribution in [2.45, 2.75) is 25.5 Å². The lowest BCUT2D eigenvalue weighted by Crippen LogP contribution is -2.31. The van der Waals surface area contributed by atoms with Crippen molar-refractivity contribution < 1.29 is 9.90 Å². The van der Waals surface area contributed by atoms with Gasteiger partial charge in [-0.05, 0) is 12.8 Å². The number of amides is 1. The van der Waals surface area contributed by atoms with Crippen LogP contribution in [0.15, 0.2) is 34.3 Å². The summed E-state index contributed by atoms with van der Waals surface area (Å²) in [6.45, 7) is 4.80. The number of carbonyl (C=O) groups excluding carboxylic acids is 1. The molecule has 22 heavy (non-hydrogen) atoms. The third kappa shape index (κ3) is 3.59. The molecule has 0 saturated carbocycles. The van der Waals surface area contributed by atoms with Gasteiger partial charge in [0.25, 0.3) is 11.5 Å². The van der Waals surface area contributed by atoms with E-state index in [9.17, 15) is 14.7 Å². The van der Waals surface area contributed by atoms with Crippen LogP contribution in [0.2, 0.25) is 0 Å². The van der Waals surface area contributed by atoms with Crippen LogP contribution in [0, 0.1) is 5.92 Å². The molecule has 7 heteroatoms. The maximum absolute atomic E-state index is 12.1. The molecule has 0 aromatic carbocycles. The maximum atomic E-state index is 12.1. The fourth-order valence-electron chi connectivity index (χ4n) is 1.99. The quantitative estimate of drug-likeness (QED) is 0.635. The van der Waals surface area contributed by atoms with Gasteiger partial charge in [0, 0.05) is 18.8 Å². The minimum atomic E-state index is -0.583. The van der Waals surface area contributed by atoms with E-state index in [1.165, 1.54) is 16.3 Å². The van der Waals surface area contributed by atoms with Gasteiger partial charge < -0.3 is 10.4 Å². The van der Waals surface area contributed by atoms with Gasteiger partial charge in [0.2, 0.25) is 5.75 Å². The van der Waals surface area contributed by atoms with E-state index in [4.69, 9.17) is 0 Å². The molecular formula is C15H19N3O3S. The summed E-state index contributed by atoms with van der Waals surface area (Å²) < 4.78 is 1.39. The predicted molar refractivity (Wildman–Crippen MR) is 86.3 cm³/mol. The second-order valence-corrected chi connectivity index (χ2v) is 6.06. The Morgan fingerprint density at radius 3 is 3.05 bits per heavy atom. The largest absolute Gasteiger partial charge is 0.501 e. The van der Waals surface area contributed by atoms with Gasteiger partial charge in [-0.2, -0.15) is 0 Å². The van der Waals surface area contributed by atoms with Crippen LogP contribution in [0.5, 0.6) is 5.75 Å². The minimum absolute atomic E-state index is 0.132. The van der Waals surface area contributed by atoms with Gasteiger partial charge in [0.15, 0.2) is 10.9 Å². The van der Waals surface area contributed by atoms with E-state index in [2.05, 4.69) is 10.3 Å². The van der Waals surface area contributed by atoms with Crippen LogP contribution in [0.3, 0.4) is 0 Å². The maximum Gasteiger partial charge on any atom is 0.297 e. The zero-order chi connectivity index (χ0) is 16.1. The number of carbonyl (C=O) groups is 1. The van der Waals surface area contributed by atoms with Crippen molar-refractivity contribution in [3.8, 4) is 5.75 Å². The van der Waals surface area contributed by atoms with E-state index in [1.54, 1.807) is 0 Å². The van der Waals surface area contributed by atoms with Gasteiger partial charge in [-0.25, -0.2) is 4.98 Å². The van der Waals surface area contributed by atoms with Crippen molar-refractivity contribution in [3.63, 3.8) is 0 Å². The van der Waals surface area contributed by atoms with Crippen molar-refractivity contribution in [2.75, 3.05) is 12.3 Å². The van der Waals surface area contributed by atoms with E-state index >= 15 is 0 Å². The van der Waals surface area contributed by atoms with Gasteiger partial charge in [0.05, 0.1) is 0 Å². The lowest BCUT2D eigenvalue weighted by atomic mass is 10.1. The van der Waals surface area contributed by atoms with Crippen molar-refractivity contribution >= 4 is 17.7 Å². The Morgan fingerprint density at radius 1 is 1.55 bits per heavy atom. The van der Waals surface area contributed by atoms with Crippen LogP contribution in [0.4, 0.5) is 0 Å². The molecule has 1 aliphatic rings. The average molecular weight is 321 g/mol. The SMILES string of the molecule is C/C=C\C=C/C(C)CNC(=O)c1nc2n(c(=O)c1O)CCS2. The van der Waals surface area contributed by atoms with Gasteiger partial charge in [-0.1, -0.05) is 43.0 Å². The summed E-state index contributed by atoms with van der Waals surface area (Å²) in [5, 5.41) is 13.1. The third-order valence-corrected chi connectivity index (χ3v) is 4.16. The molecule has 0 radical (unpaired) electrons. The lowest BCUT2D eigenvalue weighted by Gasteiger charge is -2.10. The molecule has 2 rings (SSSR count). The van der Waals surface area contributed by atoms with Gasteiger partial charge in [-0.3, -0.25) is 14.2 Å². The number of allylic oxidation sites excluding steroid dienone is 3. The minimum Gasteiger partial charge on any atom is -0.501 e. The molecule has 0 bridgehead atoms. The highest BCUT2D eigenvalue weighted by atomic mass is 32.2. The average Bonchev–Trinajstić information content (AvgIpc) is 2.97. The zero-order valence-corrected chi connectivity index (χ0v) is 13.4. The van der Waals surface area contributed by atoms with Crippen LogP contribution in [0.1, 0.15) is 24.3 Å². The first-order valence-electron chi connectivity index (χ1n) is 7.09. The van der Waals surface area contributed by atoms with Gasteiger partial charge >= 0.3 is 0 Å². The summed E-state index contributed by atoms with van der Waals surface area (Å²) in [5.74, 6) is -0.260. The number of thioether (sulfide) groups is 1. The van der Waals surface area contributed by atoms with E-state index in [-0.39, 0.29) is 11.6 Å². The molecule has 2 heterocycles. The molecule has 0 spiro atoms. The molecule has 1 aliphatic heterocycles. The fraction of sp³-hybridized carbons (Fsp3) is 0.400. The Kier molecular flexibility index (Phi) is 5.43. The van der Waals surface area contributed by atoms with Crippen molar-refractivity contribution in [1.82, 2.24) is 14.9 Å². The summed E-state index contributed by atoms with van der Waals surface area (Å²) in [6, 6.07) is 0. The fourth-order valence-corrected chi connectivity index (χ4v) is 2.93. The first-order valence-corrected chi connectivity index (χ1v) is 8.07. The molecule has 6 nitrogen and oxygen atoms in total. The number of nitrogens with one attached hydrogen (secondary N) is 1. The van der Waals surface area contributed by atoms with E-state index < -0.39 is 17.2 Å². The summed E-state index contributed by atoms with van der Waals surface area (Å²) in [6.07, 6.45) is 7.69. The molecule has 1 aromatic rings. The van der Waals surface area contributed by atoms with Gasteiger partial charge in [0.1, 0.15) is 0 Å². The highest BCUT2D eigenvalue weighted by Gasteiger charge is 2.24. The van der Waals surface area contributed by atoms with Crippen LogP contribution in [-0.4, -0.2) is 32.9 Å². The number of aromatic nitrogens is 2. The Bertz CT molecular complexity index is 679. The molecule has 118 valence electrons. The number of rotatable bonds is 5. The van der Waals surface area contributed by atoms with E-state index in [0.29, 0.717) is 18.2 Å². The van der Waals surface area contributed by atoms with Crippen LogP contribution < -0.4 is 10.9 Å². The first-order chi connectivity index (χ1) is 10.5. The Balaban J connectivity index is 2.08. The molecule has 1 aromatic heterocycles. The second kappa shape index (κ2) is 7.31. The topological polar surface area (TPSA) is 84.2 Å². The number of fused-ring (bicyclic) bond motifs is 1. The van der Waals surface area contributed by atoms with Gasteiger partial charge in [-0.15, -0.1) is 0 Å². The smallest absolute Gasteiger partial charge is 0.297 e. The van der Waals surface area contributed by atoms with Crippen molar-refractivity contribution in [2.24, 2.45) is 5.92 Å². The molecule has 2 N–H and O–H groups in total. The number of aromatic hydroxyl groups is 1. The van der Waals surface area contributed by atoms with E-state index in [0.717, 1.165) is 5.75 Å². The monoisotopic (exact) mass is 321 g/mol. The molecule has 0 aliphatic carbocycles. The normalized spacial score (nSPS) is 15.4. The Morgan fingerprint density at radius 2 is 2.32 bits per heavy atom. The number of nitrogens with zero attached hydrogens (tertiary/aromatic N) is 2. The highest BCUT2D eigenvalue weighted by Crippen LogP contribution is 2.23. The standard InChI is InChI=1S/C15H19N3O3S/c1-3-4-5-6-10(2)9-16-13(20)11-12(19)14(21)18-7-8-22-15(18)17-11/h3-6,10,19H,7-9H2,1-2H3,(H,16,20)/b4-3-,6-5-. The summed E-state index contributed by atoms with van der Waals surface area (Å²) in [5.41, 5.74) is -0.753. The van der Waals surface area contributed by atoms with Crippen molar-refractivity contribution in [1.29, 1.82) is 0 Å². The van der Waals surface area contributed by atoms with Crippen molar-refractivity contribution in [3.05, 3.63) is 40.4 Å². The summed E-state index contributed by atoms with van der Waals surface area (Å²) >= 11 is 1.40. The summed E-state index contributed by atoms with van der Waals surface area (Å²) in [4.78, 5) is 28.2. The Labute approximate surface area is 133 Å². The second-order valence-electron chi connectivity index (χ2n) is 4.99. The van der Waals surface area contributed by atoms with Crippen LogP contribution in [0.25, 0.3) is 0 Å². The molecule has 1 amide bonds. The first kappa shape index (κ1) is 16.4. The third-order valence-electron chi connectivity index (χ3n) is 3.20. The van der Waals surface area contributed by atoms with E-state index in [1.807, 2.05) is 38.2 Å². The molecule has 0 fully saturated rings. The molecule has 0 saturated heterocycles. The number of hydrogen-bond acceptors (Lipinski definition) is 5. The summed E-state index contributed by atoms with van der Waals surface area (Å²) in [7, 11) is 0. The predicted octanol–water partition coefficient (Wildman–Crippen LogP) is 1.55. The Hall–Kier alpha value is -2.02. The molecule has 1 unspecified atom stereocenters.